The minimum atomic E-state index is -1.10. The molecule has 0 aliphatic heterocycles. The lowest BCUT2D eigenvalue weighted by molar-refractivity contribution is -0.121. The number of anilines is 1. The van der Waals surface area contributed by atoms with E-state index in [1.165, 1.54) is 4.40 Å². The van der Waals surface area contributed by atoms with Crippen molar-refractivity contribution < 1.29 is 14.7 Å². The standard InChI is InChI=1S/C14H18N4O3/c1-3-7-15-13(19)9(2)16-12-11(14(20)21)18-8-5-4-6-10(18)17-12/h4-6,8-9,16H,3,7H2,1-2H3,(H,15,19)(H,20,21). The van der Waals surface area contributed by atoms with Crippen LogP contribution in [0.2, 0.25) is 0 Å². The van der Waals surface area contributed by atoms with Crippen LogP contribution >= 0.6 is 0 Å². The van der Waals surface area contributed by atoms with Crippen LogP contribution in [-0.4, -0.2) is 39.0 Å². The molecule has 21 heavy (non-hydrogen) atoms. The van der Waals surface area contributed by atoms with Gasteiger partial charge in [0.2, 0.25) is 5.91 Å². The van der Waals surface area contributed by atoms with Crippen LogP contribution in [0.3, 0.4) is 0 Å². The molecule has 7 heteroatoms. The number of carbonyl (C=O) groups is 2. The van der Waals surface area contributed by atoms with E-state index < -0.39 is 12.0 Å². The van der Waals surface area contributed by atoms with Crippen molar-refractivity contribution in [2.45, 2.75) is 26.3 Å². The predicted octanol–water partition coefficient (Wildman–Crippen LogP) is 1.36. The van der Waals surface area contributed by atoms with Gasteiger partial charge in [0.25, 0.3) is 0 Å². The van der Waals surface area contributed by atoms with Crippen LogP contribution in [0, 0.1) is 0 Å². The first-order valence-corrected chi connectivity index (χ1v) is 6.79. The van der Waals surface area contributed by atoms with Gasteiger partial charge in [-0.15, -0.1) is 0 Å². The molecule has 1 atom stereocenters. The molecule has 0 saturated carbocycles. The monoisotopic (exact) mass is 290 g/mol. The average Bonchev–Trinajstić information content (AvgIpc) is 2.82. The third-order valence-corrected chi connectivity index (χ3v) is 3.03. The lowest BCUT2D eigenvalue weighted by atomic mass is 10.3. The van der Waals surface area contributed by atoms with Crippen LogP contribution < -0.4 is 10.6 Å². The fourth-order valence-electron chi connectivity index (χ4n) is 1.97. The second-order valence-electron chi connectivity index (χ2n) is 4.70. The van der Waals surface area contributed by atoms with Crippen molar-refractivity contribution >= 4 is 23.3 Å². The molecule has 0 spiro atoms. The Balaban J connectivity index is 2.27. The average molecular weight is 290 g/mol. The smallest absolute Gasteiger partial charge is 0.356 e. The van der Waals surface area contributed by atoms with Gasteiger partial charge >= 0.3 is 5.97 Å². The fraction of sp³-hybridized carbons (Fsp3) is 0.357. The molecule has 1 amide bonds. The van der Waals surface area contributed by atoms with E-state index in [1.54, 1.807) is 31.3 Å². The van der Waals surface area contributed by atoms with Crippen molar-refractivity contribution in [3.8, 4) is 0 Å². The van der Waals surface area contributed by atoms with Crippen LogP contribution in [0.4, 0.5) is 5.82 Å². The summed E-state index contributed by atoms with van der Waals surface area (Å²) in [5.41, 5.74) is 0.527. The first kappa shape index (κ1) is 14.8. The molecule has 2 heterocycles. The van der Waals surface area contributed by atoms with Gasteiger partial charge < -0.3 is 15.7 Å². The summed E-state index contributed by atoms with van der Waals surface area (Å²) in [6, 6.07) is 4.64. The highest BCUT2D eigenvalue weighted by molar-refractivity contribution is 5.94. The largest absolute Gasteiger partial charge is 0.476 e. The number of fused-ring (bicyclic) bond motifs is 1. The van der Waals surface area contributed by atoms with Crippen molar-refractivity contribution in [1.82, 2.24) is 14.7 Å². The lowest BCUT2D eigenvalue weighted by Crippen LogP contribution is -2.38. The predicted molar refractivity (Wildman–Crippen MR) is 78.5 cm³/mol. The van der Waals surface area contributed by atoms with E-state index in [0.717, 1.165) is 6.42 Å². The number of nitrogens with one attached hydrogen (secondary N) is 2. The minimum absolute atomic E-state index is 0.0146. The maximum absolute atomic E-state index is 11.8. The van der Waals surface area contributed by atoms with Crippen molar-refractivity contribution in [2.24, 2.45) is 0 Å². The Bertz CT molecular complexity index is 665. The van der Waals surface area contributed by atoms with E-state index in [4.69, 9.17) is 0 Å². The van der Waals surface area contributed by atoms with Crippen LogP contribution in [0.15, 0.2) is 24.4 Å². The molecule has 2 aromatic rings. The van der Waals surface area contributed by atoms with Crippen LogP contribution in [0.5, 0.6) is 0 Å². The molecular weight excluding hydrogens is 272 g/mol. The molecule has 0 bridgehead atoms. The quantitative estimate of drug-likeness (QED) is 0.746. The molecule has 3 N–H and O–H groups in total. The number of hydrogen-bond acceptors (Lipinski definition) is 4. The number of carboxylic acids is 1. The van der Waals surface area contributed by atoms with Gasteiger partial charge in [0.05, 0.1) is 0 Å². The summed E-state index contributed by atoms with van der Waals surface area (Å²) in [6.45, 7) is 4.21. The van der Waals surface area contributed by atoms with E-state index >= 15 is 0 Å². The minimum Gasteiger partial charge on any atom is -0.476 e. The summed E-state index contributed by atoms with van der Waals surface area (Å²) < 4.78 is 1.47. The summed E-state index contributed by atoms with van der Waals surface area (Å²) in [6.07, 6.45) is 2.46. The number of pyridine rings is 1. The van der Waals surface area contributed by atoms with E-state index in [0.29, 0.717) is 12.2 Å². The topological polar surface area (TPSA) is 95.7 Å². The zero-order valence-corrected chi connectivity index (χ0v) is 12.0. The Morgan fingerprint density at radius 2 is 2.19 bits per heavy atom. The summed E-state index contributed by atoms with van der Waals surface area (Å²) in [5.74, 6) is -1.10. The number of amides is 1. The number of nitrogens with zero attached hydrogens (tertiary/aromatic N) is 2. The van der Waals surface area contributed by atoms with Gasteiger partial charge in [0.1, 0.15) is 11.7 Å². The molecule has 1 unspecified atom stereocenters. The highest BCUT2D eigenvalue weighted by Crippen LogP contribution is 2.18. The second-order valence-corrected chi connectivity index (χ2v) is 4.70. The van der Waals surface area contributed by atoms with Crippen molar-refractivity contribution in [3.05, 3.63) is 30.1 Å². The molecule has 0 aliphatic carbocycles. The Morgan fingerprint density at radius 3 is 2.86 bits per heavy atom. The summed E-state index contributed by atoms with van der Waals surface area (Å²) in [4.78, 5) is 27.5. The molecule has 112 valence electrons. The van der Waals surface area contributed by atoms with Gasteiger partial charge in [0, 0.05) is 12.7 Å². The normalized spacial score (nSPS) is 12.1. The Hall–Kier alpha value is -2.57. The van der Waals surface area contributed by atoms with Gasteiger partial charge in [-0.05, 0) is 25.5 Å². The van der Waals surface area contributed by atoms with Gasteiger partial charge in [-0.2, -0.15) is 0 Å². The van der Waals surface area contributed by atoms with Crippen LogP contribution in [0.1, 0.15) is 30.8 Å². The maximum Gasteiger partial charge on any atom is 0.356 e. The third kappa shape index (κ3) is 3.13. The molecule has 2 rings (SSSR count). The third-order valence-electron chi connectivity index (χ3n) is 3.03. The van der Waals surface area contributed by atoms with Gasteiger partial charge in [-0.25, -0.2) is 9.78 Å². The zero-order chi connectivity index (χ0) is 15.4. The molecule has 0 saturated heterocycles. The Kier molecular flexibility index (Phi) is 4.42. The molecule has 7 nitrogen and oxygen atoms in total. The molecule has 0 fully saturated rings. The van der Waals surface area contributed by atoms with E-state index in [2.05, 4.69) is 15.6 Å². The van der Waals surface area contributed by atoms with Gasteiger partial charge in [-0.3, -0.25) is 9.20 Å². The highest BCUT2D eigenvalue weighted by atomic mass is 16.4. The van der Waals surface area contributed by atoms with Gasteiger partial charge in [-0.1, -0.05) is 13.0 Å². The summed E-state index contributed by atoms with van der Waals surface area (Å²) in [7, 11) is 0. The number of imidazole rings is 1. The molecule has 0 aliphatic rings. The first-order chi connectivity index (χ1) is 10.0. The number of carbonyl (C=O) groups excluding carboxylic acids is 1. The van der Waals surface area contributed by atoms with Gasteiger partial charge in [0.15, 0.2) is 11.5 Å². The molecule has 0 radical (unpaired) electrons. The molecular formula is C14H18N4O3. The summed E-state index contributed by atoms with van der Waals surface area (Å²) >= 11 is 0. The lowest BCUT2D eigenvalue weighted by Gasteiger charge is -2.13. The summed E-state index contributed by atoms with van der Waals surface area (Å²) in [5, 5.41) is 15.0. The van der Waals surface area contributed by atoms with Crippen LogP contribution in [0.25, 0.3) is 5.65 Å². The van der Waals surface area contributed by atoms with E-state index in [9.17, 15) is 14.7 Å². The number of rotatable bonds is 6. The Labute approximate surface area is 122 Å². The Morgan fingerprint density at radius 1 is 1.43 bits per heavy atom. The first-order valence-electron chi connectivity index (χ1n) is 6.79. The SMILES string of the molecule is CCCNC(=O)C(C)Nc1nc2ccccn2c1C(=O)O. The maximum atomic E-state index is 11.8. The fourth-order valence-corrected chi connectivity index (χ4v) is 1.97. The zero-order valence-electron chi connectivity index (χ0n) is 12.0. The number of aromatic carboxylic acids is 1. The van der Waals surface area contributed by atoms with E-state index in [1.807, 2.05) is 6.92 Å². The molecule has 0 aromatic carbocycles. The van der Waals surface area contributed by atoms with Crippen molar-refractivity contribution in [1.29, 1.82) is 0 Å². The number of hydrogen-bond donors (Lipinski definition) is 3. The van der Waals surface area contributed by atoms with E-state index in [-0.39, 0.29) is 17.4 Å². The van der Waals surface area contributed by atoms with Crippen LogP contribution in [-0.2, 0) is 4.79 Å². The number of carboxylic acid groups (broad SMARTS) is 1. The van der Waals surface area contributed by atoms with Crippen molar-refractivity contribution in [3.63, 3.8) is 0 Å². The number of aromatic nitrogens is 2. The van der Waals surface area contributed by atoms with Crippen molar-refractivity contribution in [2.75, 3.05) is 11.9 Å². The second kappa shape index (κ2) is 6.25. The highest BCUT2D eigenvalue weighted by Gasteiger charge is 2.21. The molecule has 2 aromatic heterocycles.